The first kappa shape index (κ1) is 12.5. The van der Waals surface area contributed by atoms with Gasteiger partial charge in [-0.05, 0) is 47.3 Å². The van der Waals surface area contributed by atoms with Gasteiger partial charge in [0, 0.05) is 12.7 Å². The molecule has 4 heteroatoms. The number of aliphatic hydroxyl groups is 1. The highest BCUT2D eigenvalue weighted by Gasteiger charge is 2.03. The summed E-state index contributed by atoms with van der Waals surface area (Å²) in [6, 6.07) is 2.02. The Kier molecular flexibility index (Phi) is 5.05. The Labute approximate surface area is 99.1 Å². The molecule has 1 aromatic heterocycles. The van der Waals surface area contributed by atoms with Crippen molar-refractivity contribution in [3.63, 3.8) is 0 Å². The Balaban J connectivity index is 2.44. The van der Waals surface area contributed by atoms with Crippen molar-refractivity contribution in [3.05, 3.63) is 22.3 Å². The molecule has 15 heavy (non-hydrogen) atoms. The average Bonchev–Trinajstić information content (AvgIpc) is 2.21. The number of pyridine rings is 1. The number of nitrogens with zero attached hydrogens (tertiary/aromatic N) is 1. The fraction of sp³-hybridized carbons (Fsp3) is 0.545. The van der Waals surface area contributed by atoms with E-state index in [1.54, 1.807) is 0 Å². The minimum atomic E-state index is -0.221. The fourth-order valence-electron chi connectivity index (χ4n) is 1.22. The second-order valence-corrected chi connectivity index (χ2v) is 4.47. The smallest absolute Gasteiger partial charge is 0.140 e. The van der Waals surface area contributed by atoms with E-state index in [0.717, 1.165) is 35.2 Å². The van der Waals surface area contributed by atoms with Gasteiger partial charge in [-0.3, -0.25) is 0 Å². The van der Waals surface area contributed by atoms with Crippen LogP contribution in [0.1, 0.15) is 25.3 Å². The van der Waals surface area contributed by atoms with Gasteiger partial charge >= 0.3 is 0 Å². The largest absolute Gasteiger partial charge is 0.393 e. The second kappa shape index (κ2) is 6.08. The highest BCUT2D eigenvalue weighted by atomic mass is 79.9. The predicted molar refractivity (Wildman–Crippen MR) is 66.1 cm³/mol. The van der Waals surface area contributed by atoms with E-state index < -0.39 is 0 Å². The topological polar surface area (TPSA) is 45.1 Å². The monoisotopic (exact) mass is 272 g/mol. The average molecular weight is 273 g/mol. The van der Waals surface area contributed by atoms with Crippen molar-refractivity contribution in [2.75, 3.05) is 11.9 Å². The molecule has 0 fully saturated rings. The van der Waals surface area contributed by atoms with E-state index >= 15 is 0 Å². The van der Waals surface area contributed by atoms with Gasteiger partial charge in [0.25, 0.3) is 0 Å². The third-order valence-corrected chi connectivity index (χ3v) is 2.82. The van der Waals surface area contributed by atoms with Crippen molar-refractivity contribution in [2.24, 2.45) is 0 Å². The summed E-state index contributed by atoms with van der Waals surface area (Å²) < 4.78 is 0.966. The Bertz CT molecular complexity index is 317. The summed E-state index contributed by atoms with van der Waals surface area (Å²) in [5, 5.41) is 12.6. The Morgan fingerprint density at radius 1 is 1.60 bits per heavy atom. The predicted octanol–water partition coefficient (Wildman–Crippen LogP) is 2.73. The minimum absolute atomic E-state index is 0.221. The van der Waals surface area contributed by atoms with Crippen LogP contribution in [0.2, 0.25) is 0 Å². The molecule has 0 bridgehead atoms. The number of aliphatic hydroxyl groups excluding tert-OH is 1. The molecule has 0 aliphatic rings. The highest BCUT2D eigenvalue weighted by Crippen LogP contribution is 2.20. The molecule has 0 aliphatic heterocycles. The van der Waals surface area contributed by atoms with Crippen LogP contribution in [-0.4, -0.2) is 22.7 Å². The van der Waals surface area contributed by atoms with E-state index in [2.05, 4.69) is 26.2 Å². The number of anilines is 1. The maximum atomic E-state index is 9.38. The summed E-state index contributed by atoms with van der Waals surface area (Å²) in [5.41, 5.74) is 1.13. The summed E-state index contributed by atoms with van der Waals surface area (Å²) >= 11 is 3.44. The van der Waals surface area contributed by atoms with Crippen LogP contribution in [0.15, 0.2) is 16.7 Å². The maximum Gasteiger partial charge on any atom is 0.140 e. The summed E-state index contributed by atoms with van der Waals surface area (Å²) in [6.07, 6.45) is 3.15. The van der Waals surface area contributed by atoms with Gasteiger partial charge in [0.1, 0.15) is 5.82 Å². The van der Waals surface area contributed by atoms with E-state index in [9.17, 15) is 5.11 Å². The lowest BCUT2D eigenvalue weighted by atomic mass is 10.2. The molecule has 2 N–H and O–H groups in total. The molecule has 1 unspecified atom stereocenters. The molecule has 1 aromatic rings. The molecule has 0 amide bonds. The maximum absolute atomic E-state index is 9.38. The summed E-state index contributed by atoms with van der Waals surface area (Å²) in [6.45, 7) is 4.72. The molecule has 1 atom stereocenters. The molecule has 0 spiro atoms. The van der Waals surface area contributed by atoms with Crippen molar-refractivity contribution in [1.82, 2.24) is 4.98 Å². The van der Waals surface area contributed by atoms with Gasteiger partial charge < -0.3 is 10.4 Å². The Morgan fingerprint density at radius 2 is 2.33 bits per heavy atom. The molecular weight excluding hydrogens is 256 g/mol. The number of rotatable bonds is 5. The molecule has 0 radical (unpaired) electrons. The fourth-order valence-corrected chi connectivity index (χ4v) is 1.83. The first-order valence-corrected chi connectivity index (χ1v) is 5.97. The van der Waals surface area contributed by atoms with E-state index in [-0.39, 0.29) is 6.10 Å². The molecule has 0 aromatic carbocycles. The molecule has 1 heterocycles. The van der Waals surface area contributed by atoms with Crippen molar-refractivity contribution in [3.8, 4) is 0 Å². The zero-order valence-electron chi connectivity index (χ0n) is 9.13. The second-order valence-electron chi connectivity index (χ2n) is 3.62. The number of nitrogens with one attached hydrogen (secondary N) is 1. The summed E-state index contributed by atoms with van der Waals surface area (Å²) in [4.78, 5) is 4.26. The van der Waals surface area contributed by atoms with Gasteiger partial charge in [-0.2, -0.15) is 0 Å². The molecule has 0 aliphatic carbocycles. The van der Waals surface area contributed by atoms with Crippen molar-refractivity contribution < 1.29 is 5.11 Å². The van der Waals surface area contributed by atoms with Crippen LogP contribution in [0.5, 0.6) is 0 Å². The van der Waals surface area contributed by atoms with Crippen LogP contribution >= 0.6 is 15.9 Å². The number of hydrogen-bond donors (Lipinski definition) is 2. The van der Waals surface area contributed by atoms with Gasteiger partial charge in [-0.15, -0.1) is 0 Å². The molecule has 1 rings (SSSR count). The standard InChI is InChI=1S/C11H17BrN2O/c1-3-9(15)4-5-13-11-10(12)6-8(2)7-14-11/h6-7,9,15H,3-5H2,1-2H3,(H,13,14). The van der Waals surface area contributed by atoms with Crippen LogP contribution in [0.3, 0.4) is 0 Å². The van der Waals surface area contributed by atoms with Crippen LogP contribution in [-0.2, 0) is 0 Å². The lowest BCUT2D eigenvalue weighted by Gasteiger charge is -2.10. The van der Waals surface area contributed by atoms with Crippen LogP contribution in [0, 0.1) is 6.92 Å². The van der Waals surface area contributed by atoms with E-state index in [1.807, 2.05) is 26.1 Å². The lowest BCUT2D eigenvalue weighted by molar-refractivity contribution is 0.164. The number of hydrogen-bond acceptors (Lipinski definition) is 3. The SMILES string of the molecule is CCC(O)CCNc1ncc(C)cc1Br. The molecule has 3 nitrogen and oxygen atoms in total. The zero-order chi connectivity index (χ0) is 11.3. The molecule has 84 valence electrons. The third kappa shape index (κ3) is 4.18. The van der Waals surface area contributed by atoms with Gasteiger partial charge in [0.15, 0.2) is 0 Å². The number of aromatic nitrogens is 1. The van der Waals surface area contributed by atoms with Crippen LogP contribution in [0.25, 0.3) is 0 Å². The normalized spacial score (nSPS) is 12.5. The quantitative estimate of drug-likeness (QED) is 0.867. The third-order valence-electron chi connectivity index (χ3n) is 2.22. The minimum Gasteiger partial charge on any atom is -0.393 e. The van der Waals surface area contributed by atoms with Gasteiger partial charge in [0.2, 0.25) is 0 Å². The van der Waals surface area contributed by atoms with Crippen molar-refractivity contribution in [2.45, 2.75) is 32.8 Å². The molecule has 0 saturated carbocycles. The van der Waals surface area contributed by atoms with E-state index in [4.69, 9.17) is 0 Å². The van der Waals surface area contributed by atoms with Crippen LogP contribution in [0.4, 0.5) is 5.82 Å². The molecule has 0 saturated heterocycles. The molecular formula is C11H17BrN2O. The van der Waals surface area contributed by atoms with Gasteiger partial charge in [-0.25, -0.2) is 4.98 Å². The van der Waals surface area contributed by atoms with Crippen molar-refractivity contribution >= 4 is 21.7 Å². The summed E-state index contributed by atoms with van der Waals surface area (Å²) in [7, 11) is 0. The van der Waals surface area contributed by atoms with Crippen molar-refractivity contribution in [1.29, 1.82) is 0 Å². The highest BCUT2D eigenvalue weighted by molar-refractivity contribution is 9.10. The number of aryl methyl sites for hydroxylation is 1. The lowest BCUT2D eigenvalue weighted by Crippen LogP contribution is -2.13. The van der Waals surface area contributed by atoms with Crippen LogP contribution < -0.4 is 5.32 Å². The first-order valence-electron chi connectivity index (χ1n) is 5.17. The number of halogens is 1. The summed E-state index contributed by atoms with van der Waals surface area (Å²) in [5.74, 6) is 0.837. The zero-order valence-corrected chi connectivity index (χ0v) is 10.7. The Hall–Kier alpha value is -0.610. The Morgan fingerprint density at radius 3 is 2.93 bits per heavy atom. The first-order chi connectivity index (χ1) is 7.13. The van der Waals surface area contributed by atoms with Gasteiger partial charge in [0.05, 0.1) is 10.6 Å². The van der Waals surface area contributed by atoms with E-state index in [1.165, 1.54) is 0 Å². The van der Waals surface area contributed by atoms with Gasteiger partial charge in [-0.1, -0.05) is 6.92 Å². The van der Waals surface area contributed by atoms with E-state index in [0.29, 0.717) is 0 Å².